The Hall–Kier alpha value is -3.51. The Balaban J connectivity index is 1.76. The molecular weight excluding hydrogens is 488 g/mol. The first-order chi connectivity index (χ1) is 18.0. The second kappa shape index (κ2) is 14.9. The lowest BCUT2D eigenvalue weighted by Crippen LogP contribution is -2.50. The molecule has 2 amide bonds. The highest BCUT2D eigenvalue weighted by molar-refractivity contribution is 6.31. The van der Waals surface area contributed by atoms with Crippen LogP contribution in [0.15, 0.2) is 78.9 Å². The van der Waals surface area contributed by atoms with Gasteiger partial charge in [0.25, 0.3) is 0 Å². The molecule has 0 aromatic heterocycles. The van der Waals surface area contributed by atoms with Gasteiger partial charge < -0.3 is 19.7 Å². The van der Waals surface area contributed by atoms with E-state index in [1.807, 2.05) is 79.7 Å². The molecule has 196 valence electrons. The number of carbonyl (C=O) groups excluding carboxylic acids is 2. The van der Waals surface area contributed by atoms with Crippen LogP contribution in [0.4, 0.5) is 0 Å². The SMILES string of the molecule is CCCNC(=O)[C@@H](Cc1ccccc1)N(Cc1ccccc1Cl)C(=O)CCCOc1ccc(OC)cc1. The third-order valence-corrected chi connectivity index (χ3v) is 6.35. The molecule has 0 aliphatic carbocycles. The predicted octanol–water partition coefficient (Wildman–Crippen LogP) is 5.67. The lowest BCUT2D eigenvalue weighted by atomic mass is 10.0. The van der Waals surface area contributed by atoms with Gasteiger partial charge in [-0.15, -0.1) is 0 Å². The van der Waals surface area contributed by atoms with Gasteiger partial charge in [-0.1, -0.05) is 67.1 Å². The number of halogens is 1. The molecule has 0 unspecified atom stereocenters. The quantitative estimate of drug-likeness (QED) is 0.277. The van der Waals surface area contributed by atoms with Gasteiger partial charge in [-0.3, -0.25) is 9.59 Å². The zero-order valence-electron chi connectivity index (χ0n) is 21.5. The number of hydrogen-bond donors (Lipinski definition) is 1. The smallest absolute Gasteiger partial charge is 0.243 e. The molecule has 0 spiro atoms. The molecule has 6 nitrogen and oxygen atoms in total. The standard InChI is InChI=1S/C30H35ClN2O4/c1-3-19-32-30(35)28(21-23-10-5-4-6-11-23)33(22-24-12-7-8-13-27(24)31)29(34)14-9-20-37-26-17-15-25(36-2)16-18-26/h4-8,10-13,15-18,28H,3,9,14,19-22H2,1-2H3,(H,32,35)/t28-/m1/s1. The molecule has 1 atom stereocenters. The second-order valence-corrected chi connectivity index (χ2v) is 9.14. The van der Waals surface area contributed by atoms with Gasteiger partial charge in [0.15, 0.2) is 0 Å². The van der Waals surface area contributed by atoms with Crippen molar-refractivity contribution in [3.8, 4) is 11.5 Å². The summed E-state index contributed by atoms with van der Waals surface area (Å²) in [6.45, 7) is 3.17. The van der Waals surface area contributed by atoms with E-state index in [2.05, 4.69) is 5.32 Å². The number of ether oxygens (including phenoxy) is 2. The fraction of sp³-hybridized carbons (Fsp3) is 0.333. The average molecular weight is 523 g/mol. The lowest BCUT2D eigenvalue weighted by molar-refractivity contribution is -0.141. The van der Waals surface area contributed by atoms with Crippen molar-refractivity contribution < 1.29 is 19.1 Å². The summed E-state index contributed by atoms with van der Waals surface area (Å²) in [7, 11) is 1.61. The van der Waals surface area contributed by atoms with Crippen LogP contribution in [0.3, 0.4) is 0 Å². The largest absolute Gasteiger partial charge is 0.497 e. The van der Waals surface area contributed by atoms with Crippen molar-refractivity contribution in [1.29, 1.82) is 0 Å². The van der Waals surface area contributed by atoms with Crippen molar-refractivity contribution in [2.75, 3.05) is 20.3 Å². The molecule has 0 aliphatic heterocycles. The molecule has 0 saturated heterocycles. The van der Waals surface area contributed by atoms with Crippen LogP contribution in [0.5, 0.6) is 11.5 Å². The molecule has 0 aliphatic rings. The van der Waals surface area contributed by atoms with Crippen LogP contribution in [-0.2, 0) is 22.6 Å². The third kappa shape index (κ3) is 8.83. The van der Waals surface area contributed by atoms with E-state index < -0.39 is 6.04 Å². The number of carbonyl (C=O) groups is 2. The Morgan fingerprint density at radius 1 is 0.946 bits per heavy atom. The van der Waals surface area contributed by atoms with Crippen molar-refractivity contribution in [2.24, 2.45) is 0 Å². The highest BCUT2D eigenvalue weighted by Crippen LogP contribution is 2.22. The Bertz CT molecular complexity index is 1120. The van der Waals surface area contributed by atoms with Gasteiger partial charge in [-0.25, -0.2) is 0 Å². The van der Waals surface area contributed by atoms with Crippen LogP contribution >= 0.6 is 11.6 Å². The summed E-state index contributed by atoms with van der Waals surface area (Å²) in [5.41, 5.74) is 1.78. The summed E-state index contributed by atoms with van der Waals surface area (Å²) in [4.78, 5) is 28.6. The molecule has 0 fully saturated rings. The van der Waals surface area contributed by atoms with Crippen molar-refractivity contribution in [2.45, 2.75) is 45.2 Å². The van der Waals surface area contributed by atoms with Crippen molar-refractivity contribution in [3.63, 3.8) is 0 Å². The molecule has 3 aromatic carbocycles. The molecule has 0 bridgehead atoms. The van der Waals surface area contributed by atoms with Crippen molar-refractivity contribution in [3.05, 3.63) is 95.0 Å². The number of nitrogens with zero attached hydrogens (tertiary/aromatic N) is 1. The Labute approximate surface area is 224 Å². The van der Waals surface area contributed by atoms with E-state index in [-0.39, 0.29) is 24.8 Å². The highest BCUT2D eigenvalue weighted by atomic mass is 35.5. The summed E-state index contributed by atoms with van der Waals surface area (Å²) in [6, 6.07) is 23.8. The molecule has 3 aromatic rings. The summed E-state index contributed by atoms with van der Waals surface area (Å²) < 4.78 is 11.0. The first-order valence-electron chi connectivity index (χ1n) is 12.6. The van der Waals surface area contributed by atoms with Crippen LogP contribution in [0, 0.1) is 0 Å². The van der Waals surface area contributed by atoms with Gasteiger partial charge in [0.05, 0.1) is 13.7 Å². The molecule has 0 saturated carbocycles. The second-order valence-electron chi connectivity index (χ2n) is 8.74. The monoisotopic (exact) mass is 522 g/mol. The zero-order valence-corrected chi connectivity index (χ0v) is 22.2. The van der Waals surface area contributed by atoms with E-state index in [9.17, 15) is 9.59 Å². The molecular formula is C30H35ClN2O4. The van der Waals surface area contributed by atoms with E-state index in [0.29, 0.717) is 36.8 Å². The molecule has 3 rings (SSSR count). The molecule has 0 heterocycles. The number of amides is 2. The number of hydrogen-bond acceptors (Lipinski definition) is 4. The topological polar surface area (TPSA) is 67.9 Å². The minimum atomic E-state index is -0.666. The van der Waals surface area contributed by atoms with Crippen molar-refractivity contribution >= 4 is 23.4 Å². The predicted molar refractivity (Wildman–Crippen MR) is 147 cm³/mol. The van der Waals surface area contributed by atoms with Gasteiger partial charge >= 0.3 is 0 Å². The molecule has 37 heavy (non-hydrogen) atoms. The third-order valence-electron chi connectivity index (χ3n) is 5.98. The number of rotatable bonds is 14. The molecule has 1 N–H and O–H groups in total. The Kier molecular flexibility index (Phi) is 11.3. The molecule has 0 radical (unpaired) electrons. The van der Waals surface area contributed by atoms with Crippen LogP contribution < -0.4 is 14.8 Å². The maximum absolute atomic E-state index is 13.6. The summed E-state index contributed by atoms with van der Waals surface area (Å²) in [6.07, 6.45) is 1.98. The fourth-order valence-corrected chi connectivity index (χ4v) is 4.15. The van der Waals surface area contributed by atoms with Crippen LogP contribution in [0.25, 0.3) is 0 Å². The van der Waals surface area contributed by atoms with E-state index in [1.165, 1.54) is 0 Å². The minimum Gasteiger partial charge on any atom is -0.497 e. The van der Waals surface area contributed by atoms with Crippen LogP contribution in [-0.4, -0.2) is 43.0 Å². The first-order valence-corrected chi connectivity index (χ1v) is 13.0. The maximum Gasteiger partial charge on any atom is 0.243 e. The van der Waals surface area contributed by atoms with Crippen LogP contribution in [0.1, 0.15) is 37.3 Å². The minimum absolute atomic E-state index is 0.120. The average Bonchev–Trinajstić information content (AvgIpc) is 2.93. The normalized spacial score (nSPS) is 11.4. The van der Waals surface area contributed by atoms with Crippen molar-refractivity contribution in [1.82, 2.24) is 10.2 Å². The zero-order chi connectivity index (χ0) is 26.5. The summed E-state index contributed by atoms with van der Waals surface area (Å²) >= 11 is 6.45. The van der Waals surface area contributed by atoms with Gasteiger partial charge in [-0.2, -0.15) is 0 Å². The summed E-state index contributed by atoms with van der Waals surface area (Å²) in [5.74, 6) is 1.18. The Morgan fingerprint density at radius 3 is 2.30 bits per heavy atom. The van der Waals surface area contributed by atoms with E-state index in [0.717, 1.165) is 23.3 Å². The lowest BCUT2D eigenvalue weighted by Gasteiger charge is -2.32. The highest BCUT2D eigenvalue weighted by Gasteiger charge is 2.30. The molecule has 7 heteroatoms. The van der Waals surface area contributed by atoms with Gasteiger partial charge in [0.2, 0.25) is 11.8 Å². The van der Waals surface area contributed by atoms with Gasteiger partial charge in [-0.05, 0) is 54.3 Å². The number of benzene rings is 3. The van der Waals surface area contributed by atoms with Crippen LogP contribution in [0.2, 0.25) is 5.02 Å². The van der Waals surface area contributed by atoms with E-state index in [4.69, 9.17) is 21.1 Å². The van der Waals surface area contributed by atoms with E-state index in [1.54, 1.807) is 18.1 Å². The van der Waals surface area contributed by atoms with Gasteiger partial charge in [0.1, 0.15) is 17.5 Å². The fourth-order valence-electron chi connectivity index (χ4n) is 3.96. The maximum atomic E-state index is 13.6. The van der Waals surface area contributed by atoms with E-state index >= 15 is 0 Å². The number of nitrogens with one attached hydrogen (secondary N) is 1. The van der Waals surface area contributed by atoms with Gasteiger partial charge in [0, 0.05) is 31.0 Å². The Morgan fingerprint density at radius 2 is 1.62 bits per heavy atom. The summed E-state index contributed by atoms with van der Waals surface area (Å²) in [5, 5.41) is 3.55. The number of methoxy groups -OCH3 is 1. The first kappa shape index (κ1) is 28.1.